The van der Waals surface area contributed by atoms with Crippen molar-refractivity contribution >= 4 is 17.1 Å². The number of nitrogens with two attached hydrogens (primary N) is 1. The molecule has 2 aromatic rings. The van der Waals surface area contributed by atoms with E-state index in [-0.39, 0.29) is 0 Å². The average molecular weight is 265 g/mol. The molecule has 19 heavy (non-hydrogen) atoms. The number of imidazole rings is 1. The van der Waals surface area contributed by atoms with Gasteiger partial charge in [-0.15, -0.1) is 0 Å². The monoisotopic (exact) mass is 265 g/mol. The van der Waals surface area contributed by atoms with E-state index < -0.39 is 0 Å². The second-order valence-electron chi connectivity index (χ2n) is 4.23. The Balaban J connectivity index is 2.12. The molecule has 0 saturated carbocycles. The summed E-state index contributed by atoms with van der Waals surface area (Å²) in [5, 5.41) is 0. The van der Waals surface area contributed by atoms with E-state index in [9.17, 15) is 0 Å². The lowest BCUT2D eigenvalue weighted by Crippen LogP contribution is -2.04. The summed E-state index contributed by atoms with van der Waals surface area (Å²) >= 11 is 0. The zero-order valence-corrected chi connectivity index (χ0v) is 11.3. The van der Waals surface area contributed by atoms with Crippen LogP contribution in [-0.4, -0.2) is 40.3 Å². The van der Waals surface area contributed by atoms with Crippen LogP contribution in [-0.2, 0) is 11.3 Å². The van der Waals surface area contributed by atoms with Crippen LogP contribution in [0.1, 0.15) is 19.3 Å². The van der Waals surface area contributed by atoms with Gasteiger partial charge in [-0.05, 0) is 19.3 Å². The third-order valence-electron chi connectivity index (χ3n) is 2.95. The Bertz CT molecular complexity index is 540. The van der Waals surface area contributed by atoms with Crippen molar-refractivity contribution in [3.05, 3.63) is 6.33 Å². The molecule has 7 heteroatoms. The number of hydrogen-bond donors (Lipinski definition) is 1. The highest BCUT2D eigenvalue weighted by molar-refractivity contribution is 5.78. The van der Waals surface area contributed by atoms with Crippen LogP contribution in [0.4, 0.5) is 5.95 Å². The van der Waals surface area contributed by atoms with E-state index in [2.05, 4.69) is 15.0 Å². The van der Waals surface area contributed by atoms with Crippen LogP contribution < -0.4 is 10.5 Å². The molecule has 2 rings (SSSR count). The van der Waals surface area contributed by atoms with Gasteiger partial charge in [0.1, 0.15) is 6.33 Å². The van der Waals surface area contributed by atoms with Gasteiger partial charge in [-0.2, -0.15) is 4.98 Å². The summed E-state index contributed by atoms with van der Waals surface area (Å²) < 4.78 is 12.1. The van der Waals surface area contributed by atoms with Crippen molar-refractivity contribution in [1.82, 2.24) is 19.5 Å². The Morgan fingerprint density at radius 2 is 2.05 bits per heavy atom. The highest BCUT2D eigenvalue weighted by Gasteiger charge is 2.13. The number of ether oxygens (including phenoxy) is 2. The van der Waals surface area contributed by atoms with Gasteiger partial charge in [0, 0.05) is 20.3 Å². The first-order valence-electron chi connectivity index (χ1n) is 6.27. The molecule has 0 spiro atoms. The lowest BCUT2D eigenvalue weighted by atomic mass is 10.2. The average Bonchev–Trinajstić information content (AvgIpc) is 2.74. The first-order valence-corrected chi connectivity index (χ1v) is 6.27. The van der Waals surface area contributed by atoms with Crippen molar-refractivity contribution < 1.29 is 9.47 Å². The third kappa shape index (κ3) is 2.93. The molecule has 0 unspecified atom stereocenters. The molecule has 2 heterocycles. The number of methoxy groups -OCH3 is 2. The highest BCUT2D eigenvalue weighted by atomic mass is 16.5. The van der Waals surface area contributed by atoms with E-state index in [4.69, 9.17) is 15.2 Å². The van der Waals surface area contributed by atoms with Gasteiger partial charge in [-0.3, -0.25) is 4.57 Å². The van der Waals surface area contributed by atoms with E-state index in [1.165, 1.54) is 6.33 Å². The van der Waals surface area contributed by atoms with Crippen molar-refractivity contribution in [3.8, 4) is 5.88 Å². The van der Waals surface area contributed by atoms with Crippen LogP contribution in [0.2, 0.25) is 0 Å². The normalized spacial score (nSPS) is 11.1. The number of nitrogens with zero attached hydrogens (tertiary/aromatic N) is 4. The topological polar surface area (TPSA) is 88.1 Å². The minimum atomic E-state index is 0.445. The van der Waals surface area contributed by atoms with Gasteiger partial charge in [0.2, 0.25) is 11.8 Å². The molecule has 104 valence electrons. The summed E-state index contributed by atoms with van der Waals surface area (Å²) in [6.07, 6.45) is 4.59. The Hall–Kier alpha value is -1.89. The maximum Gasteiger partial charge on any atom is 0.245 e. The van der Waals surface area contributed by atoms with Crippen LogP contribution in [0.25, 0.3) is 11.2 Å². The molecule has 0 aromatic carbocycles. The molecule has 0 radical (unpaired) electrons. The van der Waals surface area contributed by atoms with Crippen molar-refractivity contribution in [2.24, 2.45) is 0 Å². The fraction of sp³-hybridized carbons (Fsp3) is 0.583. The first kappa shape index (κ1) is 13.5. The Kier molecular flexibility index (Phi) is 4.51. The van der Waals surface area contributed by atoms with Crippen LogP contribution in [0.3, 0.4) is 0 Å². The Morgan fingerprint density at radius 3 is 2.79 bits per heavy atom. The summed E-state index contributed by atoms with van der Waals surface area (Å²) in [6, 6.07) is 0. The van der Waals surface area contributed by atoms with Crippen molar-refractivity contribution in [3.63, 3.8) is 0 Å². The quantitative estimate of drug-likeness (QED) is 0.758. The maximum absolute atomic E-state index is 5.92. The number of rotatable bonds is 7. The molecule has 0 aliphatic carbocycles. The molecule has 7 nitrogen and oxygen atoms in total. The maximum atomic E-state index is 5.92. The number of nitrogen functional groups attached to an aromatic ring is 1. The molecule has 0 atom stereocenters. The summed E-state index contributed by atoms with van der Waals surface area (Å²) in [7, 11) is 3.27. The first-order chi connectivity index (χ1) is 9.27. The predicted octanol–water partition coefficient (Wildman–Crippen LogP) is 1.23. The summed E-state index contributed by atoms with van der Waals surface area (Å²) in [6.45, 7) is 1.57. The van der Waals surface area contributed by atoms with Gasteiger partial charge >= 0.3 is 0 Å². The summed E-state index contributed by atoms with van der Waals surface area (Å²) in [4.78, 5) is 12.5. The van der Waals surface area contributed by atoms with Gasteiger partial charge in [0.25, 0.3) is 0 Å². The Labute approximate surface area is 111 Å². The molecule has 0 aliphatic rings. The molecule has 0 aliphatic heterocycles. The van der Waals surface area contributed by atoms with Gasteiger partial charge in [-0.1, -0.05) is 0 Å². The summed E-state index contributed by atoms with van der Waals surface area (Å²) in [5.41, 5.74) is 7.25. The molecule has 0 bridgehead atoms. The number of fused-ring (bicyclic) bond motifs is 1. The predicted molar refractivity (Wildman–Crippen MR) is 72.0 cm³/mol. The second kappa shape index (κ2) is 6.33. The number of hydrogen-bond acceptors (Lipinski definition) is 6. The fourth-order valence-electron chi connectivity index (χ4n) is 2.00. The highest BCUT2D eigenvalue weighted by Crippen LogP contribution is 2.23. The van der Waals surface area contributed by atoms with Crippen LogP contribution in [0.5, 0.6) is 5.88 Å². The number of aromatic nitrogens is 4. The number of aryl methyl sites for hydroxylation is 1. The minimum Gasteiger partial charge on any atom is -0.479 e. The van der Waals surface area contributed by atoms with E-state index in [0.29, 0.717) is 17.3 Å². The van der Waals surface area contributed by atoms with E-state index in [1.54, 1.807) is 14.2 Å². The molecule has 0 fully saturated rings. The van der Waals surface area contributed by atoms with Crippen molar-refractivity contribution in [1.29, 1.82) is 0 Å². The largest absolute Gasteiger partial charge is 0.479 e. The Morgan fingerprint density at radius 1 is 1.21 bits per heavy atom. The zero-order valence-electron chi connectivity index (χ0n) is 11.3. The standard InChI is InChI=1S/C12H19N5O2/c1-18-7-5-3-4-6-17-10-9(16-12(17)13)11(19-2)15-8-14-10/h8H,3-7H2,1-2H3,(H2,13,16). The van der Waals surface area contributed by atoms with Crippen LogP contribution in [0.15, 0.2) is 6.33 Å². The lowest BCUT2D eigenvalue weighted by Gasteiger charge is -2.05. The lowest BCUT2D eigenvalue weighted by molar-refractivity contribution is 0.191. The van der Waals surface area contributed by atoms with Crippen molar-refractivity contribution in [2.45, 2.75) is 25.8 Å². The smallest absolute Gasteiger partial charge is 0.245 e. The van der Waals surface area contributed by atoms with Crippen LogP contribution in [0, 0.1) is 0 Å². The van der Waals surface area contributed by atoms with E-state index >= 15 is 0 Å². The van der Waals surface area contributed by atoms with E-state index in [1.807, 2.05) is 4.57 Å². The summed E-state index contributed by atoms with van der Waals surface area (Å²) in [5.74, 6) is 0.898. The van der Waals surface area contributed by atoms with Gasteiger partial charge in [0.15, 0.2) is 11.2 Å². The SMILES string of the molecule is COCCCCCn1c(N)nc2c(OC)ncnc21. The molecule has 2 N–H and O–H groups in total. The third-order valence-corrected chi connectivity index (χ3v) is 2.95. The fourth-order valence-corrected chi connectivity index (χ4v) is 2.00. The zero-order chi connectivity index (χ0) is 13.7. The molecular formula is C12H19N5O2. The minimum absolute atomic E-state index is 0.445. The van der Waals surface area contributed by atoms with E-state index in [0.717, 1.165) is 38.1 Å². The van der Waals surface area contributed by atoms with Crippen LogP contribution >= 0.6 is 0 Å². The molecule has 0 amide bonds. The molecule has 2 aromatic heterocycles. The van der Waals surface area contributed by atoms with Gasteiger partial charge < -0.3 is 15.2 Å². The number of anilines is 1. The molecule has 0 saturated heterocycles. The van der Waals surface area contributed by atoms with Gasteiger partial charge in [-0.25, -0.2) is 9.97 Å². The molecular weight excluding hydrogens is 246 g/mol. The van der Waals surface area contributed by atoms with Gasteiger partial charge in [0.05, 0.1) is 7.11 Å². The van der Waals surface area contributed by atoms with Crippen molar-refractivity contribution in [2.75, 3.05) is 26.6 Å². The number of unbranched alkanes of at least 4 members (excludes halogenated alkanes) is 2. The second-order valence-corrected chi connectivity index (χ2v) is 4.23.